The number of H-pyrrole nitrogens is 1. The number of benzene rings is 1. The van der Waals surface area contributed by atoms with Crippen molar-refractivity contribution in [3.63, 3.8) is 0 Å². The third-order valence-corrected chi connectivity index (χ3v) is 3.05. The highest BCUT2D eigenvalue weighted by Crippen LogP contribution is 2.24. The van der Waals surface area contributed by atoms with Crippen LogP contribution in [0.1, 0.15) is 6.92 Å². The second-order valence-electron chi connectivity index (χ2n) is 5.31. The van der Waals surface area contributed by atoms with E-state index in [1.54, 1.807) is 0 Å². The van der Waals surface area contributed by atoms with Crippen molar-refractivity contribution < 1.29 is 9.84 Å². The molecule has 1 unspecified atom stereocenters. The summed E-state index contributed by atoms with van der Waals surface area (Å²) >= 11 is 0. The molecule has 0 aliphatic carbocycles. The summed E-state index contributed by atoms with van der Waals surface area (Å²) in [6, 6.07) is 7.83. The van der Waals surface area contributed by atoms with Crippen molar-refractivity contribution in [1.29, 1.82) is 0 Å². The minimum absolute atomic E-state index is 0.283. The zero-order valence-electron chi connectivity index (χ0n) is 12.1. The number of fused-ring (bicyclic) bond motifs is 1. The van der Waals surface area contributed by atoms with Gasteiger partial charge in [0.25, 0.3) is 0 Å². The van der Waals surface area contributed by atoms with Gasteiger partial charge in [-0.3, -0.25) is 4.90 Å². The number of aromatic amines is 1. The van der Waals surface area contributed by atoms with Gasteiger partial charge in [-0.1, -0.05) is 18.2 Å². The molecule has 0 aliphatic rings. The number of nitrogens with zero attached hydrogens (tertiary/aromatic N) is 1. The molecule has 2 N–H and O–H groups in total. The van der Waals surface area contributed by atoms with Crippen LogP contribution in [0.5, 0.6) is 5.75 Å². The van der Waals surface area contributed by atoms with E-state index in [1.807, 2.05) is 49.3 Å². The Hall–Kier alpha value is -1.78. The molecule has 0 saturated heterocycles. The Labute approximate surface area is 119 Å². The number of likely N-dealkylation sites (N-methyl/N-ethyl adjacent to an activating group) is 1. The number of nitrogens with one attached hydrogen (secondary N) is 1. The van der Waals surface area contributed by atoms with Gasteiger partial charge in [0.15, 0.2) is 0 Å². The Morgan fingerprint density at radius 2 is 2.25 bits per heavy atom. The standard InChI is InChI=1S/C16H22N2O2/c1-12(2)9-18(3)10-13(19)11-20-16-6-4-5-15-14(16)7-8-17-15/h4-8,13,17,19H,1,9-11H2,2-3H3. The van der Waals surface area contributed by atoms with E-state index in [0.717, 1.165) is 28.8 Å². The molecule has 0 spiro atoms. The molecule has 108 valence electrons. The Kier molecular flexibility index (Phi) is 4.82. The van der Waals surface area contributed by atoms with Crippen LogP contribution in [-0.4, -0.2) is 47.8 Å². The normalized spacial score (nSPS) is 12.8. The minimum Gasteiger partial charge on any atom is -0.490 e. The maximum absolute atomic E-state index is 10.0. The summed E-state index contributed by atoms with van der Waals surface area (Å²) in [7, 11) is 1.96. The topological polar surface area (TPSA) is 48.5 Å². The maximum atomic E-state index is 10.0. The molecule has 0 saturated carbocycles. The molecule has 0 radical (unpaired) electrons. The zero-order chi connectivity index (χ0) is 14.5. The van der Waals surface area contributed by atoms with Crippen molar-refractivity contribution in [1.82, 2.24) is 9.88 Å². The van der Waals surface area contributed by atoms with E-state index < -0.39 is 6.10 Å². The number of rotatable bonds is 7. The number of aliphatic hydroxyl groups is 1. The van der Waals surface area contributed by atoms with Crippen LogP contribution in [-0.2, 0) is 0 Å². The van der Waals surface area contributed by atoms with Crippen LogP contribution in [0, 0.1) is 0 Å². The molecule has 1 aromatic carbocycles. The zero-order valence-corrected chi connectivity index (χ0v) is 12.1. The minimum atomic E-state index is -0.520. The maximum Gasteiger partial charge on any atom is 0.128 e. The summed E-state index contributed by atoms with van der Waals surface area (Å²) in [6.45, 7) is 7.47. The fourth-order valence-corrected chi connectivity index (χ4v) is 2.31. The highest BCUT2D eigenvalue weighted by Gasteiger charge is 2.10. The SMILES string of the molecule is C=C(C)CN(C)CC(O)COc1cccc2[nH]ccc12. The van der Waals surface area contributed by atoms with Gasteiger partial charge in [-0.15, -0.1) is 0 Å². The molecule has 0 aliphatic heterocycles. The van der Waals surface area contributed by atoms with E-state index in [2.05, 4.69) is 11.6 Å². The fourth-order valence-electron chi connectivity index (χ4n) is 2.31. The Morgan fingerprint density at radius 1 is 1.45 bits per heavy atom. The van der Waals surface area contributed by atoms with Crippen LogP contribution in [0.3, 0.4) is 0 Å². The number of aliphatic hydroxyl groups excluding tert-OH is 1. The fraction of sp³-hybridized carbons (Fsp3) is 0.375. The molecule has 0 bridgehead atoms. The van der Waals surface area contributed by atoms with E-state index in [0.29, 0.717) is 6.54 Å². The highest BCUT2D eigenvalue weighted by atomic mass is 16.5. The molecule has 1 atom stereocenters. The van der Waals surface area contributed by atoms with Gasteiger partial charge in [0, 0.05) is 30.2 Å². The summed E-state index contributed by atoms with van der Waals surface area (Å²) in [5.41, 5.74) is 2.12. The molecule has 4 heteroatoms. The summed E-state index contributed by atoms with van der Waals surface area (Å²) in [5.74, 6) is 0.797. The van der Waals surface area contributed by atoms with Crippen LogP contribution in [0.15, 0.2) is 42.6 Å². The van der Waals surface area contributed by atoms with Gasteiger partial charge in [0.2, 0.25) is 0 Å². The molecule has 2 aromatic rings. The first-order chi connectivity index (χ1) is 9.56. The van der Waals surface area contributed by atoms with Crippen molar-refractivity contribution in [3.05, 3.63) is 42.6 Å². The lowest BCUT2D eigenvalue weighted by Crippen LogP contribution is -2.33. The van der Waals surface area contributed by atoms with Gasteiger partial charge >= 0.3 is 0 Å². The number of aromatic nitrogens is 1. The van der Waals surface area contributed by atoms with Gasteiger partial charge < -0.3 is 14.8 Å². The average Bonchev–Trinajstić information content (AvgIpc) is 2.83. The summed E-state index contributed by atoms with van der Waals surface area (Å²) in [5, 5.41) is 11.0. The molecular weight excluding hydrogens is 252 g/mol. The third-order valence-electron chi connectivity index (χ3n) is 3.05. The van der Waals surface area contributed by atoms with Crippen LogP contribution in [0.25, 0.3) is 10.9 Å². The van der Waals surface area contributed by atoms with Crippen LogP contribution >= 0.6 is 0 Å². The monoisotopic (exact) mass is 274 g/mol. The van der Waals surface area contributed by atoms with Gasteiger partial charge in [-0.25, -0.2) is 0 Å². The van der Waals surface area contributed by atoms with E-state index in [-0.39, 0.29) is 6.61 Å². The van der Waals surface area contributed by atoms with Crippen molar-refractivity contribution in [2.45, 2.75) is 13.0 Å². The highest BCUT2D eigenvalue weighted by molar-refractivity contribution is 5.85. The van der Waals surface area contributed by atoms with Crippen molar-refractivity contribution in [2.24, 2.45) is 0 Å². The predicted octanol–water partition coefficient (Wildman–Crippen LogP) is 2.42. The molecule has 1 aromatic heterocycles. The lowest BCUT2D eigenvalue weighted by atomic mass is 10.2. The lowest BCUT2D eigenvalue weighted by Gasteiger charge is -2.20. The number of hydrogen-bond donors (Lipinski definition) is 2. The van der Waals surface area contributed by atoms with E-state index >= 15 is 0 Å². The summed E-state index contributed by atoms with van der Waals surface area (Å²) in [6.07, 6.45) is 1.36. The van der Waals surface area contributed by atoms with Gasteiger partial charge in [0.05, 0.1) is 0 Å². The van der Waals surface area contributed by atoms with Gasteiger partial charge in [0.1, 0.15) is 18.5 Å². The molecule has 20 heavy (non-hydrogen) atoms. The second kappa shape index (κ2) is 6.59. The van der Waals surface area contributed by atoms with Crippen LogP contribution in [0.4, 0.5) is 0 Å². The summed E-state index contributed by atoms with van der Waals surface area (Å²) in [4.78, 5) is 5.18. The summed E-state index contributed by atoms with van der Waals surface area (Å²) < 4.78 is 5.73. The van der Waals surface area contributed by atoms with E-state index in [4.69, 9.17) is 4.74 Å². The third kappa shape index (κ3) is 3.85. The first-order valence-corrected chi connectivity index (χ1v) is 6.76. The van der Waals surface area contributed by atoms with Crippen molar-refractivity contribution >= 4 is 10.9 Å². The van der Waals surface area contributed by atoms with Crippen molar-refractivity contribution in [3.8, 4) is 5.75 Å². The molecular formula is C16H22N2O2. The van der Waals surface area contributed by atoms with Crippen LogP contribution in [0.2, 0.25) is 0 Å². The quantitative estimate of drug-likeness (QED) is 0.762. The Bertz CT molecular complexity index is 577. The van der Waals surface area contributed by atoms with E-state index in [9.17, 15) is 5.11 Å². The average molecular weight is 274 g/mol. The molecule has 1 heterocycles. The van der Waals surface area contributed by atoms with Crippen molar-refractivity contribution in [2.75, 3.05) is 26.7 Å². The molecule has 4 nitrogen and oxygen atoms in total. The molecule has 0 amide bonds. The molecule has 0 fully saturated rings. The second-order valence-corrected chi connectivity index (χ2v) is 5.31. The lowest BCUT2D eigenvalue weighted by molar-refractivity contribution is 0.0795. The first-order valence-electron chi connectivity index (χ1n) is 6.76. The Morgan fingerprint density at radius 3 is 3.00 bits per heavy atom. The number of hydrogen-bond acceptors (Lipinski definition) is 3. The van der Waals surface area contributed by atoms with Gasteiger partial charge in [-0.2, -0.15) is 0 Å². The smallest absolute Gasteiger partial charge is 0.128 e. The largest absolute Gasteiger partial charge is 0.490 e. The molecule has 2 rings (SSSR count). The predicted molar refractivity (Wildman–Crippen MR) is 82.1 cm³/mol. The number of ether oxygens (including phenoxy) is 1. The van der Waals surface area contributed by atoms with Crippen LogP contribution < -0.4 is 4.74 Å². The Balaban J connectivity index is 1.88. The first kappa shape index (κ1) is 14.6. The van der Waals surface area contributed by atoms with E-state index in [1.165, 1.54) is 0 Å². The van der Waals surface area contributed by atoms with Gasteiger partial charge in [-0.05, 0) is 32.2 Å².